The lowest BCUT2D eigenvalue weighted by atomic mass is 10.1. The van der Waals surface area contributed by atoms with Gasteiger partial charge < -0.3 is 40.3 Å². The molecule has 2 aromatic heterocycles. The topological polar surface area (TPSA) is 250 Å². The van der Waals surface area contributed by atoms with Crippen LogP contribution in [0.4, 0.5) is 10.6 Å². The Hall–Kier alpha value is -2.76. The minimum absolute atomic E-state index is 0.0456. The van der Waals surface area contributed by atoms with Crippen LogP contribution < -0.4 is 10.2 Å². The first-order valence-electron chi connectivity index (χ1n) is 9.66. The number of aliphatic carboxylic acids is 1. The molecule has 17 nitrogen and oxygen atoms in total. The number of phosphoric ester groups is 1. The number of phosphoric acid groups is 1. The molecule has 0 aliphatic carbocycles. The number of aliphatic hydroxyl groups is 3. The van der Waals surface area contributed by atoms with Crippen molar-refractivity contribution in [2.45, 2.75) is 43.6 Å². The first-order valence-corrected chi connectivity index (χ1v) is 11.2. The Morgan fingerprint density at radius 1 is 1.29 bits per heavy atom. The van der Waals surface area contributed by atoms with Crippen molar-refractivity contribution in [1.82, 2.24) is 24.8 Å². The van der Waals surface area contributed by atoms with Crippen molar-refractivity contribution in [3.8, 4) is 0 Å². The zero-order valence-electron chi connectivity index (χ0n) is 17.7. The number of hydrogen-bond acceptors (Lipinski definition) is 11. The highest BCUT2D eigenvalue weighted by Gasteiger charge is 2.45. The van der Waals surface area contributed by atoms with E-state index in [4.69, 9.17) is 19.6 Å². The molecule has 18 heteroatoms. The number of carbonyl (C=O) groups is 2. The van der Waals surface area contributed by atoms with Crippen LogP contribution in [0.1, 0.15) is 13.2 Å². The van der Waals surface area contributed by atoms with E-state index in [0.29, 0.717) is 0 Å². The van der Waals surface area contributed by atoms with Crippen molar-refractivity contribution >= 4 is 36.8 Å². The van der Waals surface area contributed by atoms with Crippen LogP contribution in [0.25, 0.3) is 11.2 Å². The van der Waals surface area contributed by atoms with Gasteiger partial charge in [0.2, 0.25) is 0 Å². The van der Waals surface area contributed by atoms with Crippen LogP contribution in [0.15, 0.2) is 12.7 Å². The fourth-order valence-electron chi connectivity index (χ4n) is 3.25. The summed E-state index contributed by atoms with van der Waals surface area (Å²) in [5.74, 6) is -1.50. The maximum absolute atomic E-state index is 12.5. The lowest BCUT2D eigenvalue weighted by Crippen LogP contribution is -2.51. The van der Waals surface area contributed by atoms with Crippen molar-refractivity contribution in [1.29, 1.82) is 0 Å². The number of fused-ring (bicyclic) bond motifs is 1. The van der Waals surface area contributed by atoms with Gasteiger partial charge in [-0.2, -0.15) is 0 Å². The highest BCUT2D eigenvalue weighted by atomic mass is 31.2. The molecular weight excluding hydrogens is 483 g/mol. The number of carboxylic acid groups (broad SMARTS) is 1. The minimum Gasteiger partial charge on any atom is -0.480 e. The molecule has 1 saturated heterocycles. The van der Waals surface area contributed by atoms with Crippen molar-refractivity contribution in [3.63, 3.8) is 0 Å². The van der Waals surface area contributed by atoms with Gasteiger partial charge in [-0.1, -0.05) is 0 Å². The molecule has 0 bridgehead atoms. The number of nitrogens with one attached hydrogen (secondary N) is 1. The Balaban J connectivity index is 1.85. The van der Waals surface area contributed by atoms with Crippen LogP contribution >= 0.6 is 7.82 Å². The molecule has 1 fully saturated rings. The third kappa shape index (κ3) is 5.31. The molecule has 0 saturated carbocycles. The van der Waals surface area contributed by atoms with Gasteiger partial charge >= 0.3 is 19.8 Å². The zero-order chi connectivity index (χ0) is 25.4. The number of hydrogen-bond donors (Lipinski definition) is 7. The summed E-state index contributed by atoms with van der Waals surface area (Å²) < 4.78 is 22.0. The number of aromatic nitrogens is 4. The fourth-order valence-corrected chi connectivity index (χ4v) is 3.59. The van der Waals surface area contributed by atoms with Crippen molar-refractivity contribution in [2.75, 3.05) is 18.6 Å². The maximum atomic E-state index is 12.5. The predicted molar refractivity (Wildman–Crippen MR) is 109 cm³/mol. The Bertz CT molecular complexity index is 1110. The van der Waals surface area contributed by atoms with Gasteiger partial charge in [-0.05, 0) is 6.92 Å². The first-order chi connectivity index (χ1) is 15.8. The van der Waals surface area contributed by atoms with E-state index < -0.39 is 63.1 Å². The van der Waals surface area contributed by atoms with E-state index in [-0.39, 0.29) is 17.0 Å². The molecule has 1 aliphatic heterocycles. The maximum Gasteiger partial charge on any atom is 0.469 e. The number of urea groups is 1. The van der Waals surface area contributed by atoms with Crippen molar-refractivity contribution in [3.05, 3.63) is 12.7 Å². The molecule has 0 aromatic carbocycles. The SMILES string of the molecule is C[C@@H](O)[C@H](NC(=O)N(C)c1ncnc2c1ncn2[C@@H]1O[C@H](COP(=O)(O)O)[C@@H](O)[C@H]1O)C(=O)O. The van der Waals surface area contributed by atoms with E-state index in [2.05, 4.69) is 24.8 Å². The predicted octanol–water partition coefficient (Wildman–Crippen LogP) is -2.47. The first kappa shape index (κ1) is 25.9. The average molecular weight is 506 g/mol. The summed E-state index contributed by atoms with van der Waals surface area (Å²) in [4.78, 5) is 54.5. The molecule has 2 aromatic rings. The zero-order valence-corrected chi connectivity index (χ0v) is 18.6. The number of ether oxygens (including phenoxy) is 1. The van der Waals surface area contributed by atoms with Gasteiger partial charge in [-0.3, -0.25) is 14.0 Å². The molecule has 34 heavy (non-hydrogen) atoms. The van der Waals surface area contributed by atoms with Gasteiger partial charge in [0.15, 0.2) is 29.3 Å². The Morgan fingerprint density at radius 2 is 1.97 bits per heavy atom. The average Bonchev–Trinajstić information content (AvgIpc) is 3.30. The second kappa shape index (κ2) is 9.85. The van der Waals surface area contributed by atoms with Gasteiger partial charge in [0.05, 0.1) is 19.0 Å². The van der Waals surface area contributed by atoms with Crippen LogP contribution in [0, 0.1) is 0 Å². The molecule has 0 unspecified atom stereocenters. The Labute approximate surface area is 190 Å². The van der Waals surface area contributed by atoms with Crippen molar-refractivity contribution < 1.29 is 53.6 Å². The highest BCUT2D eigenvalue weighted by Crippen LogP contribution is 2.39. The van der Waals surface area contributed by atoms with E-state index in [0.717, 1.165) is 11.2 Å². The van der Waals surface area contributed by atoms with E-state index >= 15 is 0 Å². The quantitative estimate of drug-likeness (QED) is 0.183. The van der Waals surface area contributed by atoms with Crippen LogP contribution in [-0.4, -0.2) is 106 Å². The van der Waals surface area contributed by atoms with Crippen LogP contribution in [0.3, 0.4) is 0 Å². The molecule has 0 radical (unpaired) electrons. The second-order valence-electron chi connectivity index (χ2n) is 7.42. The number of anilines is 1. The molecule has 0 spiro atoms. The standard InChI is InChI=1S/C16H23N6O11P/c1-6(23)8(15(26)27)20-16(28)21(2)12-9-13(18-4-17-12)22(5-19-9)14-11(25)10(24)7(33-14)3-32-34(29,30)31/h4-8,10-11,14,23-25H,3H2,1-2H3,(H,20,28)(H,26,27)(H2,29,30,31)/t6-,7-,8+,10-,11-,14-/m1/s1. The fraction of sp³-hybridized carbons (Fsp3) is 0.562. The van der Waals surface area contributed by atoms with Gasteiger partial charge in [0.25, 0.3) is 0 Å². The number of aliphatic hydroxyl groups excluding tert-OH is 3. The third-order valence-corrected chi connectivity index (χ3v) is 5.49. The normalized spacial score (nSPS) is 24.7. The molecule has 7 N–H and O–H groups in total. The summed E-state index contributed by atoms with van der Waals surface area (Å²) in [6.07, 6.45) is -4.81. The largest absolute Gasteiger partial charge is 0.480 e. The molecule has 1 aliphatic rings. The molecule has 3 heterocycles. The van der Waals surface area contributed by atoms with E-state index in [1.165, 1.54) is 24.9 Å². The van der Waals surface area contributed by atoms with E-state index in [9.17, 15) is 29.5 Å². The number of carboxylic acids is 1. The minimum atomic E-state index is -4.84. The summed E-state index contributed by atoms with van der Waals surface area (Å²) in [6.45, 7) is 0.492. The molecule has 188 valence electrons. The van der Waals surface area contributed by atoms with Gasteiger partial charge in [-0.25, -0.2) is 29.1 Å². The number of rotatable bonds is 8. The third-order valence-electron chi connectivity index (χ3n) is 5.01. The molecule has 3 rings (SSSR count). The van der Waals surface area contributed by atoms with Gasteiger partial charge in [0, 0.05) is 7.05 Å². The highest BCUT2D eigenvalue weighted by molar-refractivity contribution is 7.46. The Kier molecular flexibility index (Phi) is 7.49. The summed E-state index contributed by atoms with van der Waals surface area (Å²) in [5.41, 5.74) is 0.104. The number of nitrogens with zero attached hydrogens (tertiary/aromatic N) is 5. The summed E-state index contributed by atoms with van der Waals surface area (Å²) in [5, 5.41) is 41.4. The van der Waals surface area contributed by atoms with E-state index in [1.807, 2.05) is 0 Å². The second-order valence-corrected chi connectivity index (χ2v) is 8.66. The number of imidazole rings is 1. The lowest BCUT2D eigenvalue weighted by molar-refractivity contribution is -0.141. The van der Waals surface area contributed by atoms with Crippen LogP contribution in [0.2, 0.25) is 0 Å². The lowest BCUT2D eigenvalue weighted by Gasteiger charge is -2.22. The number of amides is 2. The molecular formula is C16H23N6O11P. The summed E-state index contributed by atoms with van der Waals surface area (Å²) in [6, 6.07) is -2.49. The smallest absolute Gasteiger partial charge is 0.469 e. The van der Waals surface area contributed by atoms with E-state index in [1.54, 1.807) is 0 Å². The van der Waals surface area contributed by atoms with Crippen LogP contribution in [-0.2, 0) is 18.6 Å². The van der Waals surface area contributed by atoms with Gasteiger partial charge in [0.1, 0.15) is 24.6 Å². The van der Waals surface area contributed by atoms with Crippen LogP contribution in [0.5, 0.6) is 0 Å². The Morgan fingerprint density at radius 3 is 2.56 bits per heavy atom. The number of carbonyl (C=O) groups excluding carboxylic acids is 1. The molecule has 2 amide bonds. The summed E-state index contributed by atoms with van der Waals surface area (Å²) >= 11 is 0. The summed E-state index contributed by atoms with van der Waals surface area (Å²) in [7, 11) is -3.57. The molecule has 6 atom stereocenters. The monoisotopic (exact) mass is 506 g/mol. The van der Waals surface area contributed by atoms with Crippen molar-refractivity contribution in [2.24, 2.45) is 0 Å². The van der Waals surface area contributed by atoms with Gasteiger partial charge in [-0.15, -0.1) is 0 Å².